The summed E-state index contributed by atoms with van der Waals surface area (Å²) in [5, 5.41) is 5.44. The van der Waals surface area contributed by atoms with Gasteiger partial charge in [0.25, 0.3) is 11.8 Å². The van der Waals surface area contributed by atoms with Gasteiger partial charge < -0.3 is 15.1 Å². The highest BCUT2D eigenvalue weighted by Crippen LogP contribution is 2.14. The SMILES string of the molecule is Cc1ccc(NC(=O)/C(=C/c2ccco2)NC(=O)c2cccc(Br)c2)cc1. The van der Waals surface area contributed by atoms with Crippen molar-refractivity contribution in [2.45, 2.75) is 6.92 Å². The normalized spacial score (nSPS) is 11.1. The van der Waals surface area contributed by atoms with E-state index >= 15 is 0 Å². The lowest BCUT2D eigenvalue weighted by Crippen LogP contribution is -2.30. The minimum atomic E-state index is -0.446. The summed E-state index contributed by atoms with van der Waals surface area (Å²) < 4.78 is 6.05. The molecule has 1 heterocycles. The molecular formula is C21H17BrN2O3. The zero-order chi connectivity index (χ0) is 19.2. The molecule has 6 heteroatoms. The van der Waals surface area contributed by atoms with Crippen LogP contribution >= 0.6 is 15.9 Å². The second kappa shape index (κ2) is 8.51. The zero-order valence-electron chi connectivity index (χ0n) is 14.5. The van der Waals surface area contributed by atoms with E-state index in [2.05, 4.69) is 26.6 Å². The van der Waals surface area contributed by atoms with E-state index in [0.29, 0.717) is 17.0 Å². The molecule has 0 atom stereocenters. The van der Waals surface area contributed by atoms with Crippen LogP contribution in [0.25, 0.3) is 6.08 Å². The van der Waals surface area contributed by atoms with Gasteiger partial charge >= 0.3 is 0 Å². The van der Waals surface area contributed by atoms with Crippen molar-refractivity contribution >= 4 is 39.5 Å². The summed E-state index contributed by atoms with van der Waals surface area (Å²) in [4.78, 5) is 25.3. The van der Waals surface area contributed by atoms with Crippen LogP contribution in [0.3, 0.4) is 0 Å². The van der Waals surface area contributed by atoms with Crippen molar-refractivity contribution in [2.24, 2.45) is 0 Å². The molecule has 1 aromatic heterocycles. The average Bonchev–Trinajstić information content (AvgIpc) is 3.16. The maximum atomic E-state index is 12.7. The molecule has 2 amide bonds. The first-order chi connectivity index (χ1) is 13.0. The number of furan rings is 1. The molecule has 0 spiro atoms. The van der Waals surface area contributed by atoms with E-state index in [9.17, 15) is 9.59 Å². The monoisotopic (exact) mass is 424 g/mol. The van der Waals surface area contributed by atoms with Crippen molar-refractivity contribution in [3.63, 3.8) is 0 Å². The minimum absolute atomic E-state index is 0.0792. The molecule has 0 aliphatic carbocycles. The molecule has 0 fully saturated rings. The van der Waals surface area contributed by atoms with Crippen LogP contribution in [-0.4, -0.2) is 11.8 Å². The number of amides is 2. The van der Waals surface area contributed by atoms with Crippen molar-refractivity contribution in [2.75, 3.05) is 5.32 Å². The van der Waals surface area contributed by atoms with Gasteiger partial charge in [0.15, 0.2) is 0 Å². The summed E-state index contributed by atoms with van der Waals surface area (Å²) >= 11 is 3.34. The highest BCUT2D eigenvalue weighted by Gasteiger charge is 2.16. The maximum absolute atomic E-state index is 12.7. The molecule has 2 N–H and O–H groups in total. The molecule has 0 aliphatic heterocycles. The Morgan fingerprint density at radius 1 is 1.04 bits per heavy atom. The number of carbonyl (C=O) groups is 2. The van der Waals surface area contributed by atoms with Gasteiger partial charge in [0.05, 0.1) is 6.26 Å². The zero-order valence-corrected chi connectivity index (χ0v) is 16.1. The molecule has 2 aromatic carbocycles. The summed E-state index contributed by atoms with van der Waals surface area (Å²) in [6.45, 7) is 1.96. The number of rotatable bonds is 5. The van der Waals surface area contributed by atoms with Crippen LogP contribution in [-0.2, 0) is 4.79 Å². The Kier molecular flexibility index (Phi) is 5.88. The molecule has 5 nitrogen and oxygen atoms in total. The highest BCUT2D eigenvalue weighted by atomic mass is 79.9. The molecule has 0 bridgehead atoms. The second-order valence-electron chi connectivity index (χ2n) is 5.86. The summed E-state index contributed by atoms with van der Waals surface area (Å²) in [5.41, 5.74) is 2.23. The van der Waals surface area contributed by atoms with Crippen molar-refractivity contribution < 1.29 is 14.0 Å². The first-order valence-corrected chi connectivity index (χ1v) is 9.01. The van der Waals surface area contributed by atoms with Crippen molar-refractivity contribution in [3.8, 4) is 0 Å². The first kappa shape index (κ1) is 18.7. The fraction of sp³-hybridized carbons (Fsp3) is 0.0476. The van der Waals surface area contributed by atoms with Gasteiger partial charge in [-0.3, -0.25) is 9.59 Å². The summed E-state index contributed by atoms with van der Waals surface area (Å²) in [5.74, 6) is -0.384. The number of nitrogens with one attached hydrogen (secondary N) is 2. The topological polar surface area (TPSA) is 71.3 Å². The van der Waals surface area contributed by atoms with E-state index in [0.717, 1.165) is 10.0 Å². The molecule has 3 aromatic rings. The van der Waals surface area contributed by atoms with Gasteiger partial charge in [-0.2, -0.15) is 0 Å². The van der Waals surface area contributed by atoms with E-state index < -0.39 is 11.8 Å². The van der Waals surface area contributed by atoms with Gasteiger partial charge in [0.2, 0.25) is 0 Å². The maximum Gasteiger partial charge on any atom is 0.272 e. The summed E-state index contributed by atoms with van der Waals surface area (Å²) in [6.07, 6.45) is 2.98. The van der Waals surface area contributed by atoms with Crippen molar-refractivity contribution in [3.05, 3.63) is 94.0 Å². The Bertz CT molecular complexity index is 977. The lowest BCUT2D eigenvalue weighted by molar-refractivity contribution is -0.113. The lowest BCUT2D eigenvalue weighted by atomic mass is 10.2. The lowest BCUT2D eigenvalue weighted by Gasteiger charge is -2.11. The highest BCUT2D eigenvalue weighted by molar-refractivity contribution is 9.10. The Hall–Kier alpha value is -3.12. The van der Waals surface area contributed by atoms with E-state index in [1.807, 2.05) is 25.1 Å². The average molecular weight is 425 g/mol. The summed E-state index contributed by atoms with van der Waals surface area (Å²) in [6, 6.07) is 17.7. The number of benzene rings is 2. The van der Waals surface area contributed by atoms with Crippen LogP contribution in [0.1, 0.15) is 21.7 Å². The molecule has 27 heavy (non-hydrogen) atoms. The van der Waals surface area contributed by atoms with Gasteiger partial charge in [-0.15, -0.1) is 0 Å². The van der Waals surface area contributed by atoms with Crippen LogP contribution < -0.4 is 10.6 Å². The van der Waals surface area contributed by atoms with Crippen molar-refractivity contribution in [1.82, 2.24) is 5.32 Å². The fourth-order valence-corrected chi connectivity index (χ4v) is 2.73. The number of aryl methyl sites for hydroxylation is 1. The van der Waals surface area contributed by atoms with Gasteiger partial charge in [-0.1, -0.05) is 39.7 Å². The van der Waals surface area contributed by atoms with Crippen LogP contribution in [0.15, 0.2) is 81.5 Å². The fourth-order valence-electron chi connectivity index (χ4n) is 2.33. The van der Waals surface area contributed by atoms with Gasteiger partial charge in [0, 0.05) is 21.8 Å². The number of halogens is 1. The number of hydrogen-bond acceptors (Lipinski definition) is 3. The van der Waals surface area contributed by atoms with Crippen LogP contribution in [0.5, 0.6) is 0 Å². The van der Waals surface area contributed by atoms with Crippen LogP contribution in [0.2, 0.25) is 0 Å². The molecule has 0 unspecified atom stereocenters. The largest absolute Gasteiger partial charge is 0.465 e. The Morgan fingerprint density at radius 2 is 1.81 bits per heavy atom. The Labute approximate surface area is 165 Å². The second-order valence-corrected chi connectivity index (χ2v) is 6.77. The minimum Gasteiger partial charge on any atom is -0.465 e. The third-order valence-electron chi connectivity index (χ3n) is 3.72. The molecule has 3 rings (SSSR count). The number of carbonyl (C=O) groups excluding carboxylic acids is 2. The smallest absolute Gasteiger partial charge is 0.272 e. The quantitative estimate of drug-likeness (QED) is 0.579. The summed E-state index contributed by atoms with van der Waals surface area (Å²) in [7, 11) is 0. The molecule has 136 valence electrons. The predicted molar refractivity (Wildman–Crippen MR) is 108 cm³/mol. The Morgan fingerprint density at radius 3 is 2.48 bits per heavy atom. The Balaban J connectivity index is 1.83. The van der Waals surface area contributed by atoms with Crippen molar-refractivity contribution in [1.29, 1.82) is 0 Å². The van der Waals surface area contributed by atoms with Gasteiger partial charge in [-0.25, -0.2) is 0 Å². The van der Waals surface area contributed by atoms with Gasteiger partial charge in [0.1, 0.15) is 11.5 Å². The third kappa shape index (κ3) is 5.18. The first-order valence-electron chi connectivity index (χ1n) is 8.21. The number of anilines is 1. The molecule has 0 aliphatic rings. The van der Waals surface area contributed by atoms with Gasteiger partial charge in [-0.05, 0) is 49.4 Å². The number of hydrogen-bond donors (Lipinski definition) is 2. The molecule has 0 saturated carbocycles. The van der Waals surface area contributed by atoms with E-state index in [-0.39, 0.29) is 5.70 Å². The molecule has 0 saturated heterocycles. The molecule has 0 radical (unpaired) electrons. The van der Waals surface area contributed by atoms with Crippen LogP contribution in [0, 0.1) is 6.92 Å². The van der Waals surface area contributed by atoms with E-state index in [1.165, 1.54) is 12.3 Å². The standard InChI is InChI=1S/C21H17BrN2O3/c1-14-7-9-17(10-8-14)23-21(26)19(13-18-6-3-11-27-18)24-20(25)15-4-2-5-16(22)12-15/h2-13H,1H3,(H,23,26)(H,24,25)/b19-13-. The third-order valence-corrected chi connectivity index (χ3v) is 4.21. The van der Waals surface area contributed by atoms with E-state index in [4.69, 9.17) is 4.42 Å². The molecular weight excluding hydrogens is 408 g/mol. The predicted octanol–water partition coefficient (Wildman–Crippen LogP) is 4.76. The van der Waals surface area contributed by atoms with E-state index in [1.54, 1.807) is 42.5 Å². The van der Waals surface area contributed by atoms with Crippen LogP contribution in [0.4, 0.5) is 5.69 Å².